The lowest BCUT2D eigenvalue weighted by Crippen LogP contribution is -2.30. The van der Waals surface area contributed by atoms with Crippen LogP contribution in [-0.4, -0.2) is 38.9 Å². The molecule has 0 spiro atoms. The molecule has 2 aromatic rings. The summed E-state index contributed by atoms with van der Waals surface area (Å²) >= 11 is 1.67. The molecule has 8 heteroatoms. The number of piperidine rings is 1. The van der Waals surface area contributed by atoms with E-state index in [4.69, 9.17) is 10.8 Å². The van der Waals surface area contributed by atoms with Gasteiger partial charge in [-0.2, -0.15) is 5.10 Å². The zero-order chi connectivity index (χ0) is 22.2. The summed E-state index contributed by atoms with van der Waals surface area (Å²) in [5.41, 5.74) is 7.06. The summed E-state index contributed by atoms with van der Waals surface area (Å²) in [6.45, 7) is 11.0. The summed E-state index contributed by atoms with van der Waals surface area (Å²) in [4.78, 5) is 9.97. The van der Waals surface area contributed by atoms with Crippen molar-refractivity contribution in [2.24, 2.45) is 11.8 Å². The molecular weight excluding hydrogens is 406 g/mol. The molecule has 0 radical (unpaired) electrons. The van der Waals surface area contributed by atoms with E-state index in [1.807, 2.05) is 32.4 Å². The third kappa shape index (κ3) is 5.13. The predicted molar refractivity (Wildman–Crippen MR) is 131 cm³/mol. The van der Waals surface area contributed by atoms with Gasteiger partial charge in [0.2, 0.25) is 0 Å². The Hall–Kier alpha value is -2.32. The monoisotopic (exact) mass is 441 g/mol. The van der Waals surface area contributed by atoms with Gasteiger partial charge in [0, 0.05) is 23.6 Å². The van der Waals surface area contributed by atoms with Gasteiger partial charge in [0.1, 0.15) is 17.2 Å². The minimum absolute atomic E-state index is 0.328. The molecule has 168 valence electrons. The number of aromatic nitrogens is 4. The third-order valence-electron chi connectivity index (χ3n) is 5.51. The van der Waals surface area contributed by atoms with Crippen molar-refractivity contribution in [1.82, 2.24) is 30.4 Å². The van der Waals surface area contributed by atoms with E-state index in [-0.39, 0.29) is 0 Å². The summed E-state index contributed by atoms with van der Waals surface area (Å²) in [5, 5.41) is 13.5. The highest BCUT2D eigenvalue weighted by atomic mass is 32.2. The number of allylic oxidation sites excluding steroid dienone is 2. The van der Waals surface area contributed by atoms with Crippen LogP contribution in [0, 0.1) is 11.8 Å². The number of nitrogens with zero attached hydrogens (tertiary/aromatic N) is 4. The Balaban J connectivity index is 0.000000645. The molecule has 7 nitrogen and oxygen atoms in total. The highest BCUT2D eigenvalue weighted by molar-refractivity contribution is 8.03. The second-order valence-corrected chi connectivity index (χ2v) is 8.34. The van der Waals surface area contributed by atoms with Crippen molar-refractivity contribution in [2.45, 2.75) is 58.1 Å². The van der Waals surface area contributed by atoms with Crippen LogP contribution in [0.15, 0.2) is 46.8 Å². The SMILES string of the molecule is CC.CC.Nc1ncnc2c1c(SC1=CNC3C=CC=CC13)nn2CC1CCNCC1. The van der Waals surface area contributed by atoms with Crippen molar-refractivity contribution in [3.63, 3.8) is 0 Å². The zero-order valence-electron chi connectivity index (χ0n) is 19.0. The Morgan fingerprint density at radius 3 is 2.61 bits per heavy atom. The van der Waals surface area contributed by atoms with Gasteiger partial charge in [-0.3, -0.25) is 0 Å². The first kappa shape index (κ1) is 23.3. The van der Waals surface area contributed by atoms with Crippen molar-refractivity contribution in [2.75, 3.05) is 18.8 Å². The molecule has 4 heterocycles. The van der Waals surface area contributed by atoms with Gasteiger partial charge in [-0.05, 0) is 31.8 Å². The number of fused-ring (bicyclic) bond motifs is 2. The van der Waals surface area contributed by atoms with Gasteiger partial charge in [-0.1, -0.05) is 63.8 Å². The van der Waals surface area contributed by atoms with Crippen LogP contribution >= 0.6 is 11.8 Å². The number of rotatable bonds is 4. The van der Waals surface area contributed by atoms with Crippen LogP contribution in [0.25, 0.3) is 11.0 Å². The molecular formula is C23H35N7S. The molecule has 2 unspecified atom stereocenters. The largest absolute Gasteiger partial charge is 0.383 e. The van der Waals surface area contributed by atoms with E-state index >= 15 is 0 Å². The number of hydrogen-bond acceptors (Lipinski definition) is 7. The van der Waals surface area contributed by atoms with E-state index in [9.17, 15) is 0 Å². The number of hydrogen-bond donors (Lipinski definition) is 3. The Bertz CT molecular complexity index is 941. The van der Waals surface area contributed by atoms with E-state index in [0.717, 1.165) is 35.7 Å². The lowest BCUT2D eigenvalue weighted by Gasteiger charge is -2.22. The lowest BCUT2D eigenvalue weighted by atomic mass is 9.98. The number of nitrogens with two attached hydrogens (primary N) is 1. The number of thioether (sulfide) groups is 1. The predicted octanol–water partition coefficient (Wildman–Crippen LogP) is 4.11. The standard InChI is InChI=1S/C19H23N7S.2C2H6/c20-17-16-18(24-11-23-17)26(10-12-5-7-21-8-6-12)25-19(16)27-15-9-22-14-4-2-1-3-13(14)15;2*1-2/h1-4,9,11-14,21-22H,5-8,10H2,(H2,20,23,24);2*1-2H3. The fourth-order valence-electron chi connectivity index (χ4n) is 4.03. The Morgan fingerprint density at radius 2 is 1.84 bits per heavy atom. The normalized spacial score (nSPS) is 22.0. The van der Waals surface area contributed by atoms with Gasteiger partial charge in [0.15, 0.2) is 5.65 Å². The molecule has 1 aliphatic carbocycles. The maximum Gasteiger partial charge on any atom is 0.164 e. The van der Waals surface area contributed by atoms with Gasteiger partial charge in [0.05, 0.1) is 11.4 Å². The second-order valence-electron chi connectivity index (χ2n) is 7.27. The van der Waals surface area contributed by atoms with E-state index in [1.165, 1.54) is 24.1 Å². The molecule has 0 aromatic carbocycles. The van der Waals surface area contributed by atoms with E-state index in [1.54, 1.807) is 11.8 Å². The first-order chi connectivity index (χ1) is 15.3. The van der Waals surface area contributed by atoms with Crippen LogP contribution in [0.1, 0.15) is 40.5 Å². The second kappa shape index (κ2) is 11.3. The van der Waals surface area contributed by atoms with E-state index in [2.05, 4.69) is 51.1 Å². The van der Waals surface area contributed by atoms with Crippen molar-refractivity contribution in [3.05, 3.63) is 41.7 Å². The van der Waals surface area contributed by atoms with Crippen molar-refractivity contribution >= 4 is 28.6 Å². The van der Waals surface area contributed by atoms with Crippen LogP contribution in [0.2, 0.25) is 0 Å². The summed E-state index contributed by atoms with van der Waals surface area (Å²) in [6, 6.07) is 0.328. The minimum atomic E-state index is 0.328. The smallest absolute Gasteiger partial charge is 0.164 e. The van der Waals surface area contributed by atoms with Crippen LogP contribution in [0.5, 0.6) is 0 Å². The molecule has 0 saturated carbocycles. The Kier molecular flexibility index (Phi) is 8.54. The number of nitrogens with one attached hydrogen (secondary N) is 2. The molecule has 31 heavy (non-hydrogen) atoms. The molecule has 2 aliphatic heterocycles. The first-order valence-electron chi connectivity index (χ1n) is 11.5. The van der Waals surface area contributed by atoms with Gasteiger partial charge in [-0.15, -0.1) is 0 Å². The Morgan fingerprint density at radius 1 is 1.10 bits per heavy atom. The van der Waals surface area contributed by atoms with Crippen LogP contribution in [0.3, 0.4) is 0 Å². The van der Waals surface area contributed by atoms with Gasteiger partial charge < -0.3 is 16.4 Å². The van der Waals surface area contributed by atoms with Gasteiger partial charge >= 0.3 is 0 Å². The highest BCUT2D eigenvalue weighted by Gasteiger charge is 2.29. The Labute approximate surface area is 189 Å². The zero-order valence-corrected chi connectivity index (χ0v) is 19.8. The van der Waals surface area contributed by atoms with Crippen LogP contribution in [-0.2, 0) is 6.54 Å². The topological polar surface area (TPSA) is 93.7 Å². The maximum absolute atomic E-state index is 6.22. The summed E-state index contributed by atoms with van der Waals surface area (Å²) in [6.07, 6.45) is 14.6. The minimum Gasteiger partial charge on any atom is -0.383 e. The van der Waals surface area contributed by atoms with Crippen molar-refractivity contribution in [1.29, 1.82) is 0 Å². The molecule has 4 N–H and O–H groups in total. The van der Waals surface area contributed by atoms with Crippen LogP contribution < -0.4 is 16.4 Å². The van der Waals surface area contributed by atoms with Crippen molar-refractivity contribution in [3.8, 4) is 0 Å². The highest BCUT2D eigenvalue weighted by Crippen LogP contribution is 2.41. The summed E-state index contributed by atoms with van der Waals surface area (Å²) < 4.78 is 2.03. The first-order valence-corrected chi connectivity index (χ1v) is 12.3. The van der Waals surface area contributed by atoms with Crippen molar-refractivity contribution < 1.29 is 0 Å². The van der Waals surface area contributed by atoms with E-state index < -0.39 is 0 Å². The van der Waals surface area contributed by atoms with E-state index in [0.29, 0.717) is 23.7 Å². The summed E-state index contributed by atoms with van der Waals surface area (Å²) in [7, 11) is 0. The molecule has 2 aromatic heterocycles. The average Bonchev–Trinajstić information content (AvgIpc) is 3.40. The molecule has 1 saturated heterocycles. The van der Waals surface area contributed by atoms with Crippen LogP contribution in [0.4, 0.5) is 5.82 Å². The number of anilines is 1. The fraction of sp³-hybridized carbons (Fsp3) is 0.522. The quantitative estimate of drug-likeness (QED) is 0.657. The molecule has 1 fully saturated rings. The fourth-order valence-corrected chi connectivity index (χ4v) is 5.18. The average molecular weight is 442 g/mol. The molecule has 0 bridgehead atoms. The molecule has 2 atom stereocenters. The molecule has 0 amide bonds. The number of nitrogen functional groups attached to an aromatic ring is 1. The maximum atomic E-state index is 6.22. The summed E-state index contributed by atoms with van der Waals surface area (Å²) in [5.74, 6) is 1.46. The lowest BCUT2D eigenvalue weighted by molar-refractivity contribution is 0.323. The van der Waals surface area contributed by atoms with Gasteiger partial charge in [0.25, 0.3) is 0 Å². The molecule has 3 aliphatic rings. The molecule has 5 rings (SSSR count). The van der Waals surface area contributed by atoms with Gasteiger partial charge in [-0.25, -0.2) is 14.6 Å². The third-order valence-corrected chi connectivity index (χ3v) is 6.62.